The molecule has 4 rings (SSSR count). The number of piperazine rings is 1. The van der Waals surface area contributed by atoms with Crippen LogP contribution in [0.3, 0.4) is 0 Å². The molecule has 0 bridgehead atoms. The van der Waals surface area contributed by atoms with E-state index >= 15 is 0 Å². The SMILES string of the molecule is N#CCNC(=O)[C@@H]1CCCC[C@H]1CS(=O)(=O)c1ccc(SCC(=O)N2CCN(c3ccc(Br)cc3)CC2)cc1. The van der Waals surface area contributed by atoms with Gasteiger partial charge >= 0.3 is 0 Å². The first-order valence-electron chi connectivity index (χ1n) is 13.2. The Balaban J connectivity index is 1.27. The fourth-order valence-electron chi connectivity index (χ4n) is 5.23. The number of benzene rings is 2. The van der Waals surface area contributed by atoms with Gasteiger partial charge in [-0.05, 0) is 67.3 Å². The molecule has 39 heavy (non-hydrogen) atoms. The van der Waals surface area contributed by atoms with Crippen LogP contribution in [0.2, 0.25) is 0 Å². The molecule has 2 aliphatic rings. The van der Waals surface area contributed by atoms with E-state index in [0.29, 0.717) is 31.7 Å². The number of nitriles is 1. The molecule has 0 spiro atoms. The quantitative estimate of drug-likeness (QED) is 0.327. The highest BCUT2D eigenvalue weighted by molar-refractivity contribution is 9.10. The minimum Gasteiger partial charge on any atom is -0.368 e. The van der Waals surface area contributed by atoms with E-state index in [4.69, 9.17) is 5.26 Å². The van der Waals surface area contributed by atoms with E-state index in [1.54, 1.807) is 24.3 Å². The highest BCUT2D eigenvalue weighted by atomic mass is 79.9. The van der Waals surface area contributed by atoms with Crippen molar-refractivity contribution in [3.63, 3.8) is 0 Å². The predicted octanol–water partition coefficient (Wildman–Crippen LogP) is 4.11. The van der Waals surface area contributed by atoms with Gasteiger partial charge in [-0.2, -0.15) is 5.26 Å². The van der Waals surface area contributed by atoms with Gasteiger partial charge in [-0.3, -0.25) is 9.59 Å². The van der Waals surface area contributed by atoms with Crippen molar-refractivity contribution in [2.75, 3.05) is 49.1 Å². The highest BCUT2D eigenvalue weighted by Crippen LogP contribution is 2.33. The number of halogens is 1. The van der Waals surface area contributed by atoms with Crippen molar-refractivity contribution < 1.29 is 18.0 Å². The van der Waals surface area contributed by atoms with Crippen LogP contribution in [0, 0.1) is 23.2 Å². The maximum atomic E-state index is 13.2. The summed E-state index contributed by atoms with van der Waals surface area (Å²) >= 11 is 4.86. The molecule has 2 aromatic carbocycles. The van der Waals surface area contributed by atoms with E-state index in [-0.39, 0.29) is 40.8 Å². The van der Waals surface area contributed by atoms with E-state index < -0.39 is 9.84 Å². The largest absolute Gasteiger partial charge is 0.368 e. The van der Waals surface area contributed by atoms with Crippen molar-refractivity contribution in [2.24, 2.45) is 11.8 Å². The van der Waals surface area contributed by atoms with E-state index in [1.807, 2.05) is 23.1 Å². The third-order valence-electron chi connectivity index (χ3n) is 7.39. The lowest BCUT2D eigenvalue weighted by Gasteiger charge is -2.36. The molecule has 2 aromatic rings. The first kappa shape index (κ1) is 29.4. The van der Waals surface area contributed by atoms with E-state index in [2.05, 4.69) is 38.3 Å². The van der Waals surface area contributed by atoms with Crippen LogP contribution >= 0.6 is 27.7 Å². The lowest BCUT2D eigenvalue weighted by molar-refractivity contribution is -0.129. The third-order valence-corrected chi connectivity index (χ3v) is 10.8. The van der Waals surface area contributed by atoms with Gasteiger partial charge in [0.05, 0.1) is 22.5 Å². The normalized spacial score (nSPS) is 19.8. The summed E-state index contributed by atoms with van der Waals surface area (Å²) in [4.78, 5) is 30.5. The standard InChI is InChI=1S/C28H33BrN4O4S2/c29-22-5-7-23(8-6-22)32-15-17-33(18-16-32)27(34)19-38-24-9-11-25(12-10-24)39(36,37)20-21-3-1-2-4-26(21)28(35)31-14-13-30/h5-12,21,26H,1-4,14-20H2,(H,31,35)/t21-,26+/m0/s1. The molecule has 1 saturated heterocycles. The smallest absolute Gasteiger partial charge is 0.233 e. The van der Waals surface area contributed by atoms with Crippen LogP contribution in [0.25, 0.3) is 0 Å². The van der Waals surface area contributed by atoms with Crippen molar-refractivity contribution in [1.29, 1.82) is 5.26 Å². The second kappa shape index (κ2) is 13.7. The lowest BCUT2D eigenvalue weighted by atomic mass is 9.80. The van der Waals surface area contributed by atoms with Crippen molar-refractivity contribution in [1.82, 2.24) is 10.2 Å². The average molecular weight is 634 g/mol. The molecule has 208 valence electrons. The zero-order chi connectivity index (χ0) is 27.8. The summed E-state index contributed by atoms with van der Waals surface area (Å²) < 4.78 is 27.3. The van der Waals surface area contributed by atoms with Gasteiger partial charge in [0.25, 0.3) is 0 Å². The van der Waals surface area contributed by atoms with Crippen molar-refractivity contribution in [2.45, 2.75) is 35.5 Å². The van der Waals surface area contributed by atoms with Gasteiger partial charge in [0.15, 0.2) is 9.84 Å². The first-order chi connectivity index (χ1) is 18.8. The summed E-state index contributed by atoms with van der Waals surface area (Å²) in [6, 6.07) is 16.7. The number of hydrogen-bond acceptors (Lipinski definition) is 7. The predicted molar refractivity (Wildman–Crippen MR) is 156 cm³/mol. The molecule has 11 heteroatoms. The number of nitrogens with zero attached hydrogens (tertiary/aromatic N) is 3. The van der Waals surface area contributed by atoms with Crippen LogP contribution in [0.5, 0.6) is 0 Å². The number of carbonyl (C=O) groups excluding carboxylic acids is 2. The fraction of sp³-hybridized carbons (Fsp3) is 0.464. The molecule has 1 aliphatic carbocycles. The van der Waals surface area contributed by atoms with Gasteiger partial charge < -0.3 is 15.1 Å². The summed E-state index contributed by atoms with van der Waals surface area (Å²) in [5, 5.41) is 11.3. The van der Waals surface area contributed by atoms with Crippen LogP contribution in [-0.4, -0.2) is 69.4 Å². The topological polar surface area (TPSA) is 111 Å². The molecule has 0 aromatic heterocycles. The molecule has 2 amide bonds. The molecular formula is C28H33BrN4O4S2. The molecule has 1 saturated carbocycles. The van der Waals surface area contributed by atoms with E-state index in [0.717, 1.165) is 41.0 Å². The highest BCUT2D eigenvalue weighted by Gasteiger charge is 2.34. The summed E-state index contributed by atoms with van der Waals surface area (Å²) in [5.74, 6) is -0.605. The Morgan fingerprint density at radius 3 is 2.33 bits per heavy atom. The third kappa shape index (κ3) is 7.99. The van der Waals surface area contributed by atoms with Gasteiger partial charge in [0.1, 0.15) is 6.54 Å². The van der Waals surface area contributed by atoms with E-state index in [9.17, 15) is 18.0 Å². The van der Waals surface area contributed by atoms with Crippen molar-refractivity contribution in [3.05, 3.63) is 53.0 Å². The zero-order valence-electron chi connectivity index (χ0n) is 21.7. The number of anilines is 1. The van der Waals surface area contributed by atoms with Gasteiger partial charge in [-0.25, -0.2) is 8.42 Å². The van der Waals surface area contributed by atoms with Crippen LogP contribution in [0.1, 0.15) is 25.7 Å². The molecule has 1 N–H and O–H groups in total. The number of hydrogen-bond donors (Lipinski definition) is 1. The summed E-state index contributed by atoms with van der Waals surface area (Å²) in [6.45, 7) is 2.84. The van der Waals surface area contributed by atoms with Gasteiger partial charge in [0, 0.05) is 47.2 Å². The number of rotatable bonds is 9. The Labute approximate surface area is 243 Å². The molecule has 1 heterocycles. The summed E-state index contributed by atoms with van der Waals surface area (Å²) in [6.07, 6.45) is 3.09. The summed E-state index contributed by atoms with van der Waals surface area (Å²) in [5.41, 5.74) is 1.15. The fourth-order valence-corrected chi connectivity index (χ4v) is 8.01. The number of nitrogens with one attached hydrogen (secondary N) is 1. The number of amides is 2. The van der Waals surface area contributed by atoms with Gasteiger partial charge in [0.2, 0.25) is 11.8 Å². The summed E-state index contributed by atoms with van der Waals surface area (Å²) in [7, 11) is -3.58. The Morgan fingerprint density at radius 2 is 1.67 bits per heavy atom. The molecule has 0 unspecified atom stereocenters. The first-order valence-corrected chi connectivity index (χ1v) is 16.6. The minimum atomic E-state index is -3.58. The number of thioether (sulfide) groups is 1. The molecule has 0 radical (unpaired) electrons. The zero-order valence-corrected chi connectivity index (χ0v) is 24.9. The van der Waals surface area contributed by atoms with Crippen molar-refractivity contribution in [3.8, 4) is 6.07 Å². The van der Waals surface area contributed by atoms with Gasteiger partial charge in [-0.1, -0.05) is 28.8 Å². The average Bonchev–Trinajstić information content (AvgIpc) is 2.95. The van der Waals surface area contributed by atoms with E-state index in [1.165, 1.54) is 11.8 Å². The van der Waals surface area contributed by atoms with Crippen molar-refractivity contribution >= 4 is 55.0 Å². The van der Waals surface area contributed by atoms with Crippen LogP contribution in [0.15, 0.2) is 62.8 Å². The van der Waals surface area contributed by atoms with Crippen LogP contribution < -0.4 is 10.2 Å². The Kier molecular flexibility index (Phi) is 10.3. The molecule has 2 fully saturated rings. The van der Waals surface area contributed by atoms with Crippen LogP contribution in [0.4, 0.5) is 5.69 Å². The van der Waals surface area contributed by atoms with Crippen LogP contribution in [-0.2, 0) is 19.4 Å². The van der Waals surface area contributed by atoms with Gasteiger partial charge in [-0.15, -0.1) is 11.8 Å². The Bertz CT molecular complexity index is 1290. The molecule has 2 atom stereocenters. The lowest BCUT2D eigenvalue weighted by Crippen LogP contribution is -2.49. The second-order valence-electron chi connectivity index (χ2n) is 9.91. The second-order valence-corrected chi connectivity index (χ2v) is 13.9. The molecule has 1 aliphatic heterocycles. The molecular weight excluding hydrogens is 600 g/mol. The maximum absolute atomic E-state index is 13.2. The molecule has 8 nitrogen and oxygen atoms in total. The maximum Gasteiger partial charge on any atom is 0.233 e. The Hall–Kier alpha value is -2.55. The number of carbonyl (C=O) groups is 2. The number of sulfone groups is 1. The Morgan fingerprint density at radius 1 is 1.00 bits per heavy atom. The minimum absolute atomic E-state index is 0.0708. The monoisotopic (exact) mass is 632 g/mol.